The van der Waals surface area contributed by atoms with Crippen LogP contribution in [0.5, 0.6) is 5.75 Å². The summed E-state index contributed by atoms with van der Waals surface area (Å²) >= 11 is 6.07. The van der Waals surface area contributed by atoms with Crippen molar-refractivity contribution in [2.24, 2.45) is 0 Å². The molecule has 1 aromatic carbocycles. The van der Waals surface area contributed by atoms with Crippen molar-refractivity contribution < 1.29 is 9.13 Å². The first-order chi connectivity index (χ1) is 14.1. The zero-order chi connectivity index (χ0) is 20.0. The Kier molecular flexibility index (Phi) is 4.28. The van der Waals surface area contributed by atoms with Gasteiger partial charge in [-0.3, -0.25) is 4.40 Å². The number of nitrogens with zero attached hydrogens (tertiary/aromatic N) is 5. The Morgan fingerprint density at radius 3 is 3.03 bits per heavy atom. The van der Waals surface area contributed by atoms with Crippen LogP contribution in [0.25, 0.3) is 16.8 Å². The van der Waals surface area contributed by atoms with E-state index >= 15 is 0 Å². The Morgan fingerprint density at radius 2 is 2.14 bits per heavy atom. The zero-order valence-corrected chi connectivity index (χ0v) is 16.2. The van der Waals surface area contributed by atoms with Crippen molar-refractivity contribution in [3.63, 3.8) is 0 Å². The highest BCUT2D eigenvalue weighted by atomic mass is 35.5. The maximum absolute atomic E-state index is 14.4. The smallest absolute Gasteiger partial charge is 0.210 e. The van der Waals surface area contributed by atoms with E-state index < -0.39 is 0 Å². The number of rotatable bonds is 4. The van der Waals surface area contributed by atoms with Gasteiger partial charge in [-0.05, 0) is 36.2 Å². The van der Waals surface area contributed by atoms with Gasteiger partial charge < -0.3 is 10.1 Å². The summed E-state index contributed by atoms with van der Waals surface area (Å²) in [5.41, 5.74) is 4.72. The highest BCUT2D eigenvalue weighted by Crippen LogP contribution is 2.31. The maximum Gasteiger partial charge on any atom is 0.210 e. The molecule has 0 spiro atoms. The molecular formula is C20H16ClFN6O. The number of halogens is 2. The predicted octanol–water partition coefficient (Wildman–Crippen LogP) is 3.83. The van der Waals surface area contributed by atoms with Crippen molar-refractivity contribution in [3.05, 3.63) is 64.6 Å². The molecule has 5 rings (SSSR count). The molecule has 0 atom stereocenters. The Morgan fingerprint density at radius 1 is 1.24 bits per heavy atom. The molecule has 4 heterocycles. The van der Waals surface area contributed by atoms with Crippen molar-refractivity contribution in [3.8, 4) is 16.9 Å². The molecule has 0 fully saturated rings. The average Bonchev–Trinajstić information content (AvgIpc) is 3.39. The molecule has 0 saturated carbocycles. The molecule has 0 aliphatic carbocycles. The van der Waals surface area contributed by atoms with Gasteiger partial charge in [0.05, 0.1) is 6.61 Å². The largest absolute Gasteiger partial charge is 0.493 e. The minimum Gasteiger partial charge on any atom is -0.493 e. The molecule has 0 amide bonds. The van der Waals surface area contributed by atoms with Crippen molar-refractivity contribution in [1.29, 1.82) is 0 Å². The predicted molar refractivity (Wildman–Crippen MR) is 107 cm³/mol. The molecule has 4 aromatic rings. The standard InChI is InChI=1S/C20H16ClFN6O/c1-11-7-23-18(21)6-13(11)15-9-25-20(28-10-26-27-19(15)28)24-8-14-12-4-5-29-17(12)3-2-16(14)22/h2-3,6-7,9-10H,4-5,8H2,1H3,(H,24,25). The summed E-state index contributed by atoms with van der Waals surface area (Å²) in [4.78, 5) is 8.61. The first-order valence-electron chi connectivity index (χ1n) is 9.10. The number of nitrogens with one attached hydrogen (secondary N) is 1. The summed E-state index contributed by atoms with van der Waals surface area (Å²) < 4.78 is 21.7. The van der Waals surface area contributed by atoms with E-state index in [2.05, 4.69) is 25.5 Å². The van der Waals surface area contributed by atoms with Gasteiger partial charge in [-0.25, -0.2) is 14.4 Å². The second kappa shape index (κ2) is 6.97. The number of benzene rings is 1. The van der Waals surface area contributed by atoms with Crippen molar-refractivity contribution in [2.45, 2.75) is 19.9 Å². The lowest BCUT2D eigenvalue weighted by Gasteiger charge is -2.13. The first-order valence-corrected chi connectivity index (χ1v) is 9.48. The van der Waals surface area contributed by atoms with Gasteiger partial charge in [0.2, 0.25) is 5.95 Å². The van der Waals surface area contributed by atoms with Crippen LogP contribution in [0.15, 0.2) is 36.9 Å². The second-order valence-electron chi connectivity index (χ2n) is 6.80. The maximum atomic E-state index is 14.4. The lowest BCUT2D eigenvalue weighted by atomic mass is 10.0. The molecule has 1 N–H and O–H groups in total. The molecule has 29 heavy (non-hydrogen) atoms. The molecule has 7 nitrogen and oxygen atoms in total. The third-order valence-corrected chi connectivity index (χ3v) is 5.26. The van der Waals surface area contributed by atoms with E-state index in [1.807, 2.05) is 6.92 Å². The molecule has 0 radical (unpaired) electrons. The molecule has 1 aliphatic rings. The van der Waals surface area contributed by atoms with E-state index in [4.69, 9.17) is 16.3 Å². The van der Waals surface area contributed by atoms with E-state index in [0.29, 0.717) is 35.3 Å². The summed E-state index contributed by atoms with van der Waals surface area (Å²) in [5, 5.41) is 11.8. The normalized spacial score (nSPS) is 12.8. The minimum atomic E-state index is -0.263. The van der Waals surface area contributed by atoms with Gasteiger partial charge in [-0.2, -0.15) is 0 Å². The SMILES string of the molecule is Cc1cnc(Cl)cc1-c1cnc(NCc2c(F)ccc3c2CCO3)n2cnnc12. The van der Waals surface area contributed by atoms with E-state index in [1.165, 1.54) is 6.07 Å². The quantitative estimate of drug-likeness (QED) is 0.515. The summed E-state index contributed by atoms with van der Waals surface area (Å²) in [7, 11) is 0. The molecule has 1 aliphatic heterocycles. The van der Waals surface area contributed by atoms with Crippen LogP contribution in [0.1, 0.15) is 16.7 Å². The lowest BCUT2D eigenvalue weighted by molar-refractivity contribution is 0.356. The summed E-state index contributed by atoms with van der Waals surface area (Å²) in [5.74, 6) is 0.994. The van der Waals surface area contributed by atoms with Gasteiger partial charge in [0.1, 0.15) is 23.0 Å². The number of aromatic nitrogens is 5. The first kappa shape index (κ1) is 17.8. The van der Waals surface area contributed by atoms with Gasteiger partial charge in [0.15, 0.2) is 5.65 Å². The number of pyridine rings is 1. The third-order valence-electron chi connectivity index (χ3n) is 5.06. The topological polar surface area (TPSA) is 77.2 Å². The zero-order valence-electron chi connectivity index (χ0n) is 15.5. The van der Waals surface area contributed by atoms with Crippen molar-refractivity contribution >= 4 is 23.2 Å². The second-order valence-corrected chi connectivity index (χ2v) is 7.18. The number of hydrogen-bond donors (Lipinski definition) is 1. The molecular weight excluding hydrogens is 395 g/mol. The fourth-order valence-electron chi connectivity index (χ4n) is 3.60. The van der Waals surface area contributed by atoms with Crippen molar-refractivity contribution in [2.75, 3.05) is 11.9 Å². The van der Waals surface area contributed by atoms with Crippen LogP contribution in [0.3, 0.4) is 0 Å². The number of aryl methyl sites for hydroxylation is 1. The molecule has 9 heteroatoms. The van der Waals surface area contributed by atoms with E-state index in [0.717, 1.165) is 28.0 Å². The molecule has 3 aromatic heterocycles. The van der Waals surface area contributed by atoms with Crippen LogP contribution >= 0.6 is 11.6 Å². The average molecular weight is 411 g/mol. The fraction of sp³-hybridized carbons (Fsp3) is 0.200. The third kappa shape index (κ3) is 3.05. The molecule has 146 valence electrons. The van der Waals surface area contributed by atoms with Crippen LogP contribution in [0.2, 0.25) is 5.15 Å². The van der Waals surface area contributed by atoms with Crippen LogP contribution in [-0.4, -0.2) is 31.2 Å². The molecule has 0 bridgehead atoms. The monoisotopic (exact) mass is 410 g/mol. The van der Waals surface area contributed by atoms with Gasteiger partial charge in [0, 0.05) is 42.0 Å². The van der Waals surface area contributed by atoms with Crippen LogP contribution in [0.4, 0.5) is 10.3 Å². The Hall–Kier alpha value is -3.26. The number of hydrogen-bond acceptors (Lipinski definition) is 6. The van der Waals surface area contributed by atoms with Gasteiger partial charge >= 0.3 is 0 Å². The number of anilines is 1. The van der Waals surface area contributed by atoms with Gasteiger partial charge in [-0.15, -0.1) is 10.2 Å². The molecule has 0 unspecified atom stereocenters. The van der Waals surface area contributed by atoms with Gasteiger partial charge in [-0.1, -0.05) is 11.6 Å². The van der Waals surface area contributed by atoms with Crippen molar-refractivity contribution in [1.82, 2.24) is 24.6 Å². The lowest BCUT2D eigenvalue weighted by Crippen LogP contribution is -2.09. The molecule has 0 saturated heterocycles. The highest BCUT2D eigenvalue weighted by molar-refractivity contribution is 6.29. The summed E-state index contributed by atoms with van der Waals surface area (Å²) in [6.07, 6.45) is 5.68. The fourth-order valence-corrected chi connectivity index (χ4v) is 3.76. The van der Waals surface area contributed by atoms with Crippen LogP contribution in [-0.2, 0) is 13.0 Å². The van der Waals surface area contributed by atoms with E-state index in [1.54, 1.807) is 35.3 Å². The number of fused-ring (bicyclic) bond motifs is 2. The Labute approximate surface area is 170 Å². The minimum absolute atomic E-state index is 0.263. The van der Waals surface area contributed by atoms with E-state index in [9.17, 15) is 4.39 Å². The summed E-state index contributed by atoms with van der Waals surface area (Å²) in [6.45, 7) is 2.79. The highest BCUT2D eigenvalue weighted by Gasteiger charge is 2.20. The van der Waals surface area contributed by atoms with E-state index in [-0.39, 0.29) is 12.4 Å². The van der Waals surface area contributed by atoms with Crippen LogP contribution < -0.4 is 10.1 Å². The summed E-state index contributed by atoms with van der Waals surface area (Å²) in [6, 6.07) is 4.88. The number of ether oxygens (including phenoxy) is 1. The Bertz CT molecular complexity index is 1240. The van der Waals surface area contributed by atoms with Crippen LogP contribution in [0, 0.1) is 12.7 Å². The van der Waals surface area contributed by atoms with Gasteiger partial charge in [0.25, 0.3) is 0 Å². The Balaban J connectivity index is 1.51.